The molecule has 1 N–H and O–H groups in total. The SMILES string of the molecule is CCOC(=O)C1(NC(C)C)CCCC(OC2CCC2)C1. The van der Waals surface area contributed by atoms with Gasteiger partial charge < -0.3 is 9.47 Å². The number of nitrogens with one attached hydrogen (secondary N) is 1. The lowest BCUT2D eigenvalue weighted by Crippen LogP contribution is -2.59. The fourth-order valence-electron chi connectivity index (χ4n) is 3.32. The number of rotatable bonds is 6. The summed E-state index contributed by atoms with van der Waals surface area (Å²) in [5, 5.41) is 3.46. The molecule has 2 unspecified atom stereocenters. The number of carbonyl (C=O) groups is 1. The van der Waals surface area contributed by atoms with E-state index in [-0.39, 0.29) is 18.1 Å². The van der Waals surface area contributed by atoms with Crippen LogP contribution in [0.4, 0.5) is 0 Å². The number of hydrogen-bond donors (Lipinski definition) is 1. The molecule has 2 aliphatic carbocycles. The Morgan fingerprint density at radius 2 is 1.95 bits per heavy atom. The number of esters is 1. The van der Waals surface area contributed by atoms with Crippen LogP contribution in [-0.4, -0.2) is 36.4 Å². The maximum atomic E-state index is 12.4. The number of ether oxygens (including phenoxy) is 2. The van der Waals surface area contributed by atoms with Gasteiger partial charge in [0.15, 0.2) is 0 Å². The molecule has 0 heterocycles. The van der Waals surface area contributed by atoms with Gasteiger partial charge in [0, 0.05) is 12.5 Å². The van der Waals surface area contributed by atoms with E-state index in [2.05, 4.69) is 19.2 Å². The van der Waals surface area contributed by atoms with Crippen LogP contribution in [0.5, 0.6) is 0 Å². The van der Waals surface area contributed by atoms with Gasteiger partial charge in [0.1, 0.15) is 5.54 Å². The van der Waals surface area contributed by atoms with Gasteiger partial charge in [0.05, 0.1) is 18.8 Å². The standard InChI is InChI=1S/C16H29NO3/c1-4-19-15(18)16(17-12(2)3)10-6-9-14(11-16)20-13-7-5-8-13/h12-14,17H,4-11H2,1-3H3. The molecular weight excluding hydrogens is 254 g/mol. The van der Waals surface area contributed by atoms with E-state index in [0.29, 0.717) is 12.7 Å². The van der Waals surface area contributed by atoms with E-state index in [1.54, 1.807) is 0 Å². The van der Waals surface area contributed by atoms with Crippen molar-refractivity contribution >= 4 is 5.97 Å². The fourth-order valence-corrected chi connectivity index (χ4v) is 3.32. The van der Waals surface area contributed by atoms with E-state index in [1.165, 1.54) is 19.3 Å². The van der Waals surface area contributed by atoms with Gasteiger partial charge >= 0.3 is 5.97 Å². The van der Waals surface area contributed by atoms with Crippen molar-refractivity contribution in [2.75, 3.05) is 6.61 Å². The average Bonchev–Trinajstić information content (AvgIpc) is 2.34. The smallest absolute Gasteiger partial charge is 0.326 e. The van der Waals surface area contributed by atoms with Gasteiger partial charge in [-0.3, -0.25) is 10.1 Å². The Labute approximate surface area is 122 Å². The summed E-state index contributed by atoms with van der Waals surface area (Å²) in [4.78, 5) is 12.4. The quantitative estimate of drug-likeness (QED) is 0.762. The monoisotopic (exact) mass is 283 g/mol. The molecule has 0 spiro atoms. The van der Waals surface area contributed by atoms with Crippen LogP contribution >= 0.6 is 0 Å². The molecular formula is C16H29NO3. The van der Waals surface area contributed by atoms with Crippen molar-refractivity contribution in [2.24, 2.45) is 0 Å². The first-order valence-corrected chi connectivity index (χ1v) is 8.16. The third kappa shape index (κ3) is 3.73. The predicted octanol–water partition coefficient (Wildman–Crippen LogP) is 2.80. The minimum atomic E-state index is -0.545. The second kappa shape index (κ2) is 6.90. The lowest BCUT2D eigenvalue weighted by Gasteiger charge is -2.42. The Hall–Kier alpha value is -0.610. The molecule has 0 saturated heterocycles. The summed E-state index contributed by atoms with van der Waals surface area (Å²) >= 11 is 0. The highest BCUT2D eigenvalue weighted by Gasteiger charge is 2.45. The van der Waals surface area contributed by atoms with E-state index in [1.807, 2.05) is 6.92 Å². The van der Waals surface area contributed by atoms with Crippen molar-refractivity contribution in [1.29, 1.82) is 0 Å². The predicted molar refractivity (Wildman–Crippen MR) is 78.6 cm³/mol. The molecule has 0 aromatic rings. The second-order valence-electron chi connectivity index (χ2n) is 6.51. The average molecular weight is 283 g/mol. The van der Waals surface area contributed by atoms with Crippen LogP contribution in [0.15, 0.2) is 0 Å². The topological polar surface area (TPSA) is 47.6 Å². The molecule has 2 fully saturated rings. The third-order valence-electron chi connectivity index (χ3n) is 4.37. The van der Waals surface area contributed by atoms with Crippen LogP contribution in [0.25, 0.3) is 0 Å². The zero-order valence-electron chi connectivity index (χ0n) is 13.1. The van der Waals surface area contributed by atoms with Crippen molar-refractivity contribution in [3.05, 3.63) is 0 Å². The van der Waals surface area contributed by atoms with Crippen molar-refractivity contribution in [1.82, 2.24) is 5.32 Å². The van der Waals surface area contributed by atoms with Gasteiger partial charge in [0.2, 0.25) is 0 Å². The fraction of sp³-hybridized carbons (Fsp3) is 0.938. The summed E-state index contributed by atoms with van der Waals surface area (Å²) in [6, 6.07) is 0.266. The van der Waals surface area contributed by atoms with Gasteiger partial charge in [-0.05, 0) is 59.3 Å². The normalized spacial score (nSPS) is 31.1. The Bertz CT molecular complexity index is 328. The molecule has 0 aromatic heterocycles. The first-order chi connectivity index (χ1) is 9.55. The lowest BCUT2D eigenvalue weighted by atomic mass is 9.79. The molecule has 2 saturated carbocycles. The van der Waals surface area contributed by atoms with E-state index in [4.69, 9.17) is 9.47 Å². The minimum absolute atomic E-state index is 0.101. The first kappa shape index (κ1) is 15.8. The molecule has 0 aliphatic heterocycles. The summed E-state index contributed by atoms with van der Waals surface area (Å²) in [5.74, 6) is -0.101. The van der Waals surface area contributed by atoms with Crippen LogP contribution in [0.3, 0.4) is 0 Å². The lowest BCUT2D eigenvalue weighted by molar-refractivity contribution is -0.158. The highest BCUT2D eigenvalue weighted by molar-refractivity contribution is 5.81. The van der Waals surface area contributed by atoms with E-state index >= 15 is 0 Å². The molecule has 116 valence electrons. The summed E-state index contributed by atoms with van der Waals surface area (Å²) in [7, 11) is 0. The van der Waals surface area contributed by atoms with Crippen LogP contribution in [0.1, 0.15) is 65.7 Å². The molecule has 4 nitrogen and oxygen atoms in total. The van der Waals surface area contributed by atoms with Crippen LogP contribution < -0.4 is 5.32 Å². The van der Waals surface area contributed by atoms with Gasteiger partial charge in [-0.15, -0.1) is 0 Å². The highest BCUT2D eigenvalue weighted by Crippen LogP contribution is 2.35. The Balaban J connectivity index is 2.02. The number of carbonyl (C=O) groups excluding carboxylic acids is 1. The van der Waals surface area contributed by atoms with Gasteiger partial charge in [-0.1, -0.05) is 0 Å². The summed E-state index contributed by atoms with van der Waals surface area (Å²) in [5.41, 5.74) is -0.545. The molecule has 0 aromatic carbocycles. The second-order valence-corrected chi connectivity index (χ2v) is 6.51. The highest BCUT2D eigenvalue weighted by atomic mass is 16.5. The van der Waals surface area contributed by atoms with Crippen molar-refractivity contribution in [2.45, 2.75) is 89.5 Å². The van der Waals surface area contributed by atoms with E-state index in [0.717, 1.165) is 25.7 Å². The van der Waals surface area contributed by atoms with Crippen molar-refractivity contribution in [3.8, 4) is 0 Å². The summed E-state index contributed by atoms with van der Waals surface area (Å²) < 4.78 is 11.5. The largest absolute Gasteiger partial charge is 0.465 e. The van der Waals surface area contributed by atoms with E-state index < -0.39 is 5.54 Å². The molecule has 0 bridgehead atoms. The third-order valence-corrected chi connectivity index (χ3v) is 4.37. The minimum Gasteiger partial charge on any atom is -0.465 e. The van der Waals surface area contributed by atoms with Crippen LogP contribution in [-0.2, 0) is 14.3 Å². The van der Waals surface area contributed by atoms with Crippen molar-refractivity contribution < 1.29 is 14.3 Å². The summed E-state index contributed by atoms with van der Waals surface area (Å²) in [6.07, 6.45) is 7.97. The molecule has 2 rings (SSSR count). The Morgan fingerprint density at radius 1 is 1.25 bits per heavy atom. The van der Waals surface area contributed by atoms with Gasteiger partial charge in [-0.25, -0.2) is 0 Å². The molecule has 2 aliphatic rings. The van der Waals surface area contributed by atoms with Crippen molar-refractivity contribution in [3.63, 3.8) is 0 Å². The maximum absolute atomic E-state index is 12.4. The van der Waals surface area contributed by atoms with Gasteiger partial charge in [0.25, 0.3) is 0 Å². The maximum Gasteiger partial charge on any atom is 0.326 e. The van der Waals surface area contributed by atoms with E-state index in [9.17, 15) is 4.79 Å². The Kier molecular flexibility index (Phi) is 5.44. The van der Waals surface area contributed by atoms with Crippen LogP contribution in [0.2, 0.25) is 0 Å². The number of hydrogen-bond acceptors (Lipinski definition) is 4. The molecule has 20 heavy (non-hydrogen) atoms. The molecule has 0 amide bonds. The molecule has 4 heteroatoms. The Morgan fingerprint density at radius 3 is 2.50 bits per heavy atom. The zero-order valence-corrected chi connectivity index (χ0v) is 13.1. The molecule has 0 radical (unpaired) electrons. The summed E-state index contributed by atoms with van der Waals surface area (Å²) in [6.45, 7) is 6.47. The molecule has 2 atom stereocenters. The van der Waals surface area contributed by atoms with Gasteiger partial charge in [-0.2, -0.15) is 0 Å². The first-order valence-electron chi connectivity index (χ1n) is 8.16. The van der Waals surface area contributed by atoms with Crippen LogP contribution in [0, 0.1) is 0 Å². The zero-order chi connectivity index (χ0) is 14.6.